The van der Waals surface area contributed by atoms with E-state index >= 15 is 0 Å². The summed E-state index contributed by atoms with van der Waals surface area (Å²) in [4.78, 5) is 8.02. The Bertz CT molecular complexity index is 190. The van der Waals surface area contributed by atoms with Crippen LogP contribution in [0, 0.1) is 0 Å². The molecule has 0 saturated carbocycles. The number of nitrogens with one attached hydrogen (secondary N) is 1. The lowest BCUT2D eigenvalue weighted by Gasteiger charge is -2.08. The minimum absolute atomic E-state index is 1.07. The zero-order chi connectivity index (χ0) is 9.40. The summed E-state index contributed by atoms with van der Waals surface area (Å²) in [6.45, 7) is 0. The molecule has 1 aromatic heterocycles. The number of rotatable bonds is 1. The maximum atomic E-state index is 8.43. The number of anilines is 1. The zero-order valence-electron chi connectivity index (χ0n) is 7.57. The third kappa shape index (κ3) is 4.65. The Morgan fingerprint density at radius 2 is 1.75 bits per heavy atom. The topological polar surface area (TPSA) is 49.7 Å². The van der Waals surface area contributed by atoms with Crippen LogP contribution < -0.4 is 15.1 Å². The van der Waals surface area contributed by atoms with E-state index in [1.54, 1.807) is 0 Å². The molecule has 0 spiro atoms. The van der Waals surface area contributed by atoms with Crippen LogP contribution in [0.1, 0.15) is 0 Å². The molecule has 0 aliphatic heterocycles. The molecular weight excluding hydrogens is 156 g/mol. The highest BCUT2D eigenvalue weighted by Gasteiger charge is 1.91. The van der Waals surface area contributed by atoms with Crippen molar-refractivity contribution in [2.24, 2.45) is 0 Å². The van der Waals surface area contributed by atoms with E-state index in [1.807, 2.05) is 38.6 Å². The Hall–Kier alpha value is -1.13. The van der Waals surface area contributed by atoms with Gasteiger partial charge in [0.05, 0.1) is 0 Å². The minimum Gasteiger partial charge on any atom is -0.724 e. The van der Waals surface area contributed by atoms with E-state index in [0.717, 1.165) is 7.11 Å². The highest BCUT2D eigenvalue weighted by molar-refractivity contribution is 5.41. The summed E-state index contributed by atoms with van der Waals surface area (Å²) in [7, 11) is 5.12. The first-order valence-electron chi connectivity index (χ1n) is 3.51. The summed E-state index contributed by atoms with van der Waals surface area (Å²) >= 11 is 0. The molecule has 4 nitrogen and oxygen atoms in total. The largest absolute Gasteiger partial charge is 0.724 e. The van der Waals surface area contributed by atoms with Crippen molar-refractivity contribution in [1.29, 1.82) is 0 Å². The summed E-state index contributed by atoms with van der Waals surface area (Å²) in [5.41, 5.74) is 1.22. The molecule has 0 saturated heterocycles. The summed E-state index contributed by atoms with van der Waals surface area (Å²) in [6.07, 6.45) is 3.82. The van der Waals surface area contributed by atoms with Crippen molar-refractivity contribution < 1.29 is 15.1 Å². The van der Waals surface area contributed by atoms with Crippen LogP contribution in [0.15, 0.2) is 24.5 Å². The third-order valence-electron chi connectivity index (χ3n) is 1.22. The van der Waals surface area contributed by atoms with E-state index in [-0.39, 0.29) is 0 Å². The van der Waals surface area contributed by atoms with Crippen molar-refractivity contribution in [2.75, 3.05) is 26.1 Å². The van der Waals surface area contributed by atoms with Gasteiger partial charge < -0.3 is 15.0 Å². The normalized spacial score (nSPS) is 8.33. The molecule has 0 aliphatic rings. The molecule has 0 unspecified atom stereocenters. The van der Waals surface area contributed by atoms with Gasteiger partial charge in [0.15, 0.2) is 12.4 Å². The molecule has 0 fully saturated rings. The van der Waals surface area contributed by atoms with Crippen LogP contribution in [0.25, 0.3) is 0 Å². The quantitative estimate of drug-likeness (QED) is 0.420. The molecular formula is C8H14N2O2. The van der Waals surface area contributed by atoms with Crippen LogP contribution in [0.2, 0.25) is 0 Å². The first kappa shape index (κ1) is 10.9. The van der Waals surface area contributed by atoms with Gasteiger partial charge in [0, 0.05) is 39.0 Å². The van der Waals surface area contributed by atoms with Crippen molar-refractivity contribution in [3.63, 3.8) is 0 Å². The second-order valence-electron chi connectivity index (χ2n) is 2.32. The van der Waals surface area contributed by atoms with E-state index in [2.05, 4.69) is 14.8 Å². The standard InChI is InChI=1S/C7H10N2.CH4O2/c1-9(2)7-3-5-8-6-4-7;1-3-2/h3-6H,1-2H3;2H,1H3. The van der Waals surface area contributed by atoms with Gasteiger partial charge in [-0.1, -0.05) is 0 Å². The zero-order valence-corrected chi connectivity index (χ0v) is 7.57. The van der Waals surface area contributed by atoms with Gasteiger partial charge in [0.1, 0.15) is 0 Å². The molecule has 0 atom stereocenters. The van der Waals surface area contributed by atoms with Gasteiger partial charge in [-0.15, -0.1) is 0 Å². The number of aromatic nitrogens is 1. The fourth-order valence-electron chi connectivity index (χ4n) is 0.676. The van der Waals surface area contributed by atoms with Gasteiger partial charge in [-0.2, -0.15) is 0 Å². The number of H-pyrrole nitrogens is 1. The van der Waals surface area contributed by atoms with Crippen LogP contribution in [0.4, 0.5) is 5.69 Å². The van der Waals surface area contributed by atoms with E-state index in [1.165, 1.54) is 5.69 Å². The summed E-state index contributed by atoms with van der Waals surface area (Å²) < 4.78 is 0. The smallest absolute Gasteiger partial charge is 0.169 e. The maximum Gasteiger partial charge on any atom is 0.169 e. The SMILES string of the molecule is CN(C)c1cc[nH+]cc1.CO[O-]. The molecule has 0 bridgehead atoms. The molecule has 0 amide bonds. The van der Waals surface area contributed by atoms with Crippen LogP contribution >= 0.6 is 0 Å². The molecule has 4 heteroatoms. The number of pyridine rings is 1. The third-order valence-corrected chi connectivity index (χ3v) is 1.22. The monoisotopic (exact) mass is 170 g/mol. The highest BCUT2D eigenvalue weighted by Crippen LogP contribution is 2.04. The van der Waals surface area contributed by atoms with Crippen molar-refractivity contribution in [2.45, 2.75) is 0 Å². The van der Waals surface area contributed by atoms with E-state index < -0.39 is 0 Å². The molecule has 1 N–H and O–H groups in total. The molecule has 1 rings (SSSR count). The molecule has 1 heterocycles. The number of nitrogens with zero attached hydrogens (tertiary/aromatic N) is 1. The van der Waals surface area contributed by atoms with Crippen molar-refractivity contribution >= 4 is 5.69 Å². The van der Waals surface area contributed by atoms with Gasteiger partial charge in [-0.3, -0.25) is 0 Å². The fourth-order valence-corrected chi connectivity index (χ4v) is 0.676. The number of hydrogen-bond donors (Lipinski definition) is 0. The average Bonchev–Trinajstić information content (AvgIpc) is 2.07. The Balaban J connectivity index is 0.000000354. The van der Waals surface area contributed by atoms with Gasteiger partial charge in [-0.05, 0) is 0 Å². The lowest BCUT2D eigenvalue weighted by molar-refractivity contribution is -0.679. The van der Waals surface area contributed by atoms with Crippen molar-refractivity contribution in [3.05, 3.63) is 24.5 Å². The summed E-state index contributed by atoms with van der Waals surface area (Å²) in [6, 6.07) is 4.06. The molecule has 68 valence electrons. The average molecular weight is 170 g/mol. The second-order valence-corrected chi connectivity index (χ2v) is 2.32. The van der Waals surface area contributed by atoms with Crippen molar-refractivity contribution in [1.82, 2.24) is 0 Å². The van der Waals surface area contributed by atoms with Gasteiger partial charge in [-0.25, -0.2) is 4.98 Å². The number of aromatic amines is 1. The Kier molecular flexibility index (Phi) is 5.95. The fraction of sp³-hybridized carbons (Fsp3) is 0.375. The molecule has 1 aromatic rings. The first-order valence-corrected chi connectivity index (χ1v) is 3.51. The van der Waals surface area contributed by atoms with E-state index in [0.29, 0.717) is 0 Å². The van der Waals surface area contributed by atoms with Crippen LogP contribution in [0.5, 0.6) is 0 Å². The summed E-state index contributed by atoms with van der Waals surface area (Å²) in [5.74, 6) is 0. The van der Waals surface area contributed by atoms with Gasteiger partial charge in [0.25, 0.3) is 0 Å². The minimum atomic E-state index is 1.07. The van der Waals surface area contributed by atoms with Crippen molar-refractivity contribution in [3.8, 4) is 0 Å². The van der Waals surface area contributed by atoms with Crippen LogP contribution in [-0.4, -0.2) is 21.2 Å². The number of hydrogen-bond acceptors (Lipinski definition) is 3. The Morgan fingerprint density at radius 1 is 1.33 bits per heavy atom. The molecule has 0 aromatic carbocycles. The highest BCUT2D eigenvalue weighted by atomic mass is 17.1. The second kappa shape index (κ2) is 6.57. The molecule has 0 aliphatic carbocycles. The summed E-state index contributed by atoms with van der Waals surface area (Å²) in [5, 5.41) is 8.43. The lowest BCUT2D eigenvalue weighted by Crippen LogP contribution is -2.10. The predicted octanol–water partition coefficient (Wildman–Crippen LogP) is -0.525. The Morgan fingerprint density at radius 3 is 2.00 bits per heavy atom. The lowest BCUT2D eigenvalue weighted by atomic mass is 10.4. The van der Waals surface area contributed by atoms with E-state index in [9.17, 15) is 0 Å². The maximum absolute atomic E-state index is 8.43. The van der Waals surface area contributed by atoms with Gasteiger partial charge >= 0.3 is 0 Å². The van der Waals surface area contributed by atoms with Crippen LogP contribution in [-0.2, 0) is 4.89 Å². The molecule has 12 heavy (non-hydrogen) atoms. The Labute approximate surface area is 72.3 Å². The van der Waals surface area contributed by atoms with Gasteiger partial charge in [0.2, 0.25) is 0 Å². The predicted molar refractivity (Wildman–Crippen MR) is 44.3 cm³/mol. The molecule has 0 radical (unpaired) electrons. The first-order chi connectivity index (χ1) is 5.72. The van der Waals surface area contributed by atoms with Crippen LogP contribution in [0.3, 0.4) is 0 Å². The van der Waals surface area contributed by atoms with E-state index in [4.69, 9.17) is 5.26 Å².